The minimum Gasteiger partial charge on any atom is -0.497 e. The molecule has 0 bridgehead atoms. The molecule has 0 radical (unpaired) electrons. The van der Waals surface area contributed by atoms with Gasteiger partial charge in [-0.15, -0.1) is 0 Å². The summed E-state index contributed by atoms with van der Waals surface area (Å²) in [5.41, 5.74) is 2.32. The zero-order valence-electron chi connectivity index (χ0n) is 17.8. The number of urea groups is 1. The van der Waals surface area contributed by atoms with Crippen molar-refractivity contribution in [2.24, 2.45) is 0 Å². The molecule has 0 fully saturated rings. The van der Waals surface area contributed by atoms with E-state index in [0.717, 1.165) is 17.1 Å². The molecule has 166 valence electrons. The van der Waals surface area contributed by atoms with Gasteiger partial charge in [0.25, 0.3) is 0 Å². The van der Waals surface area contributed by atoms with Gasteiger partial charge in [-0.25, -0.2) is 9.78 Å². The van der Waals surface area contributed by atoms with Crippen LogP contribution in [0.15, 0.2) is 48.5 Å². The Morgan fingerprint density at radius 2 is 1.78 bits per heavy atom. The molecule has 32 heavy (non-hydrogen) atoms. The van der Waals surface area contributed by atoms with Crippen molar-refractivity contribution in [2.75, 3.05) is 42.9 Å². The van der Waals surface area contributed by atoms with E-state index in [1.54, 1.807) is 25.3 Å². The van der Waals surface area contributed by atoms with E-state index in [9.17, 15) is 4.79 Å². The second-order valence-corrected chi connectivity index (χ2v) is 6.95. The Bertz CT molecular complexity index is 1090. The molecule has 10 heteroatoms. The van der Waals surface area contributed by atoms with Crippen LogP contribution in [0.5, 0.6) is 17.2 Å². The normalized spacial score (nSPS) is 11.6. The van der Waals surface area contributed by atoms with E-state index in [2.05, 4.69) is 31.2 Å². The lowest BCUT2D eigenvalue weighted by Crippen LogP contribution is -2.32. The molecule has 0 aliphatic carbocycles. The summed E-state index contributed by atoms with van der Waals surface area (Å²) in [5, 5.41) is 11.9. The van der Waals surface area contributed by atoms with Crippen molar-refractivity contribution in [1.82, 2.24) is 15.3 Å². The monoisotopic (exact) mass is 436 g/mol. The van der Waals surface area contributed by atoms with Crippen molar-refractivity contribution in [3.05, 3.63) is 54.2 Å². The highest BCUT2D eigenvalue weighted by atomic mass is 16.7. The van der Waals surface area contributed by atoms with E-state index in [4.69, 9.17) is 14.2 Å². The molecule has 4 N–H and O–H groups in total. The van der Waals surface area contributed by atoms with E-state index in [0.29, 0.717) is 42.0 Å². The summed E-state index contributed by atoms with van der Waals surface area (Å²) in [7, 11) is 1.63. The number of nitrogens with zero attached hydrogens (tertiary/aromatic N) is 2. The van der Waals surface area contributed by atoms with Crippen molar-refractivity contribution >= 4 is 29.2 Å². The lowest BCUT2D eigenvalue weighted by Gasteiger charge is -2.11. The number of methoxy groups -OCH3 is 1. The number of carbonyl (C=O) groups is 1. The molecule has 1 aromatic heterocycles. The van der Waals surface area contributed by atoms with Crippen LogP contribution in [0.4, 0.5) is 27.9 Å². The molecule has 1 aliphatic heterocycles. The van der Waals surface area contributed by atoms with Gasteiger partial charge in [-0.2, -0.15) is 4.98 Å². The summed E-state index contributed by atoms with van der Waals surface area (Å²) >= 11 is 0. The first kappa shape index (κ1) is 21.0. The van der Waals surface area contributed by atoms with Gasteiger partial charge in [-0.1, -0.05) is 0 Å². The molecule has 2 heterocycles. The van der Waals surface area contributed by atoms with Crippen LogP contribution in [0, 0.1) is 6.92 Å². The number of amides is 2. The van der Waals surface area contributed by atoms with E-state index in [1.165, 1.54) is 0 Å². The number of fused-ring (bicyclic) bond motifs is 1. The maximum atomic E-state index is 12.1. The summed E-state index contributed by atoms with van der Waals surface area (Å²) in [6.45, 7) is 2.92. The Balaban J connectivity index is 1.25. The first-order valence-electron chi connectivity index (χ1n) is 10.0. The minimum absolute atomic E-state index is 0.189. The van der Waals surface area contributed by atoms with Crippen LogP contribution < -0.4 is 35.5 Å². The number of rotatable bonds is 8. The van der Waals surface area contributed by atoms with Crippen LogP contribution in [-0.2, 0) is 0 Å². The van der Waals surface area contributed by atoms with Gasteiger partial charge in [0, 0.05) is 42.3 Å². The maximum absolute atomic E-state index is 12.1. The SMILES string of the molecule is COc1ccc(Nc2cc(C)nc(NCCNC(=O)Nc3ccc4c(c3)OCO4)n2)cc1. The third kappa shape index (κ3) is 5.48. The van der Waals surface area contributed by atoms with Gasteiger partial charge in [0.15, 0.2) is 11.5 Å². The van der Waals surface area contributed by atoms with Crippen molar-refractivity contribution < 1.29 is 19.0 Å². The van der Waals surface area contributed by atoms with E-state index in [1.807, 2.05) is 37.3 Å². The Kier molecular flexibility index (Phi) is 6.40. The second kappa shape index (κ2) is 9.73. The molecule has 2 aromatic carbocycles. The minimum atomic E-state index is -0.322. The summed E-state index contributed by atoms with van der Waals surface area (Å²) in [5.74, 6) is 3.20. The lowest BCUT2D eigenvalue weighted by molar-refractivity contribution is 0.174. The molecular formula is C22H24N6O4. The van der Waals surface area contributed by atoms with Gasteiger partial charge in [0.05, 0.1) is 7.11 Å². The number of ether oxygens (including phenoxy) is 3. The number of aromatic nitrogens is 2. The predicted molar refractivity (Wildman–Crippen MR) is 121 cm³/mol. The molecule has 3 aromatic rings. The van der Waals surface area contributed by atoms with Crippen molar-refractivity contribution in [2.45, 2.75) is 6.92 Å². The number of hydrogen-bond donors (Lipinski definition) is 4. The maximum Gasteiger partial charge on any atom is 0.319 e. The van der Waals surface area contributed by atoms with Gasteiger partial charge in [-0.3, -0.25) is 0 Å². The third-order valence-corrected chi connectivity index (χ3v) is 4.54. The summed E-state index contributed by atoms with van der Waals surface area (Å²) in [6.07, 6.45) is 0. The lowest BCUT2D eigenvalue weighted by atomic mass is 10.3. The largest absolute Gasteiger partial charge is 0.497 e. The Hall–Kier alpha value is -4.21. The van der Waals surface area contributed by atoms with Crippen LogP contribution in [0.1, 0.15) is 5.69 Å². The number of anilines is 4. The van der Waals surface area contributed by atoms with Crippen LogP contribution in [0.3, 0.4) is 0 Å². The Labute approximate surface area is 185 Å². The highest BCUT2D eigenvalue weighted by Gasteiger charge is 2.14. The third-order valence-electron chi connectivity index (χ3n) is 4.54. The Morgan fingerprint density at radius 3 is 2.59 bits per heavy atom. The fraction of sp³-hybridized carbons (Fsp3) is 0.227. The number of aryl methyl sites for hydroxylation is 1. The molecule has 0 spiro atoms. The van der Waals surface area contributed by atoms with Crippen LogP contribution in [0.25, 0.3) is 0 Å². The van der Waals surface area contributed by atoms with E-state index >= 15 is 0 Å². The second-order valence-electron chi connectivity index (χ2n) is 6.95. The van der Waals surface area contributed by atoms with Gasteiger partial charge in [0.2, 0.25) is 12.7 Å². The number of hydrogen-bond acceptors (Lipinski definition) is 8. The van der Waals surface area contributed by atoms with Crippen LogP contribution >= 0.6 is 0 Å². The van der Waals surface area contributed by atoms with Crippen molar-refractivity contribution in [3.8, 4) is 17.2 Å². The molecule has 4 rings (SSSR count). The van der Waals surface area contributed by atoms with Crippen molar-refractivity contribution in [1.29, 1.82) is 0 Å². The van der Waals surface area contributed by atoms with E-state index < -0.39 is 0 Å². The Morgan fingerprint density at radius 1 is 1.00 bits per heavy atom. The molecular weight excluding hydrogens is 412 g/mol. The standard InChI is InChI=1S/C22H24N6O4/c1-14-11-20(26-15-3-6-17(30-2)7-4-15)28-21(25-14)23-9-10-24-22(29)27-16-5-8-18-19(12-16)32-13-31-18/h3-8,11-12H,9-10,13H2,1-2H3,(H2,24,27,29)(H2,23,25,26,28). The molecule has 0 saturated heterocycles. The molecule has 10 nitrogen and oxygen atoms in total. The average molecular weight is 436 g/mol. The van der Waals surface area contributed by atoms with Crippen LogP contribution in [0.2, 0.25) is 0 Å². The molecule has 0 atom stereocenters. The smallest absolute Gasteiger partial charge is 0.319 e. The summed E-state index contributed by atoms with van der Waals surface area (Å²) in [6, 6.07) is 14.3. The predicted octanol–water partition coefficient (Wildman–Crippen LogP) is 3.50. The first-order chi connectivity index (χ1) is 15.6. The zero-order chi connectivity index (χ0) is 22.3. The fourth-order valence-corrected chi connectivity index (χ4v) is 3.03. The summed E-state index contributed by atoms with van der Waals surface area (Å²) < 4.78 is 15.7. The molecule has 0 saturated carbocycles. The zero-order valence-corrected chi connectivity index (χ0v) is 17.8. The highest BCUT2D eigenvalue weighted by molar-refractivity contribution is 5.89. The van der Waals surface area contributed by atoms with Gasteiger partial charge >= 0.3 is 6.03 Å². The van der Waals surface area contributed by atoms with Gasteiger partial charge < -0.3 is 35.5 Å². The number of benzene rings is 2. The van der Waals surface area contributed by atoms with E-state index in [-0.39, 0.29) is 12.8 Å². The quantitative estimate of drug-likeness (QED) is 0.396. The van der Waals surface area contributed by atoms with Crippen LogP contribution in [-0.4, -0.2) is 43.0 Å². The number of nitrogens with one attached hydrogen (secondary N) is 4. The topological polar surface area (TPSA) is 119 Å². The average Bonchev–Trinajstić information content (AvgIpc) is 3.25. The molecule has 0 unspecified atom stereocenters. The fourth-order valence-electron chi connectivity index (χ4n) is 3.03. The first-order valence-corrected chi connectivity index (χ1v) is 10.0. The highest BCUT2D eigenvalue weighted by Crippen LogP contribution is 2.34. The number of carbonyl (C=O) groups excluding carboxylic acids is 1. The van der Waals surface area contributed by atoms with Gasteiger partial charge in [0.1, 0.15) is 11.6 Å². The molecule has 2 amide bonds. The molecule has 1 aliphatic rings. The van der Waals surface area contributed by atoms with Gasteiger partial charge in [-0.05, 0) is 43.3 Å². The van der Waals surface area contributed by atoms with Crippen molar-refractivity contribution in [3.63, 3.8) is 0 Å². The summed E-state index contributed by atoms with van der Waals surface area (Å²) in [4.78, 5) is 21.0.